The third kappa shape index (κ3) is 0.889. The first kappa shape index (κ1) is 8.30. The van der Waals surface area contributed by atoms with Gasteiger partial charge < -0.3 is 4.74 Å². The van der Waals surface area contributed by atoms with E-state index in [1.165, 1.54) is 0 Å². The Balaban J connectivity index is 2.58. The first-order valence-electron chi connectivity index (χ1n) is 3.52. The first-order valence-corrected chi connectivity index (χ1v) is 4.27. The number of carbonyl (C=O) groups is 1. The number of halogens is 2. The van der Waals surface area contributed by atoms with Crippen LogP contribution in [0.1, 0.15) is 6.92 Å². The van der Waals surface area contributed by atoms with Crippen LogP contribution in [0.3, 0.4) is 0 Å². The van der Waals surface area contributed by atoms with E-state index in [1.54, 1.807) is 19.1 Å². The number of rotatable bonds is 0. The smallest absolute Gasteiger partial charge is 0.208 e. The number of ketones is 1. The summed E-state index contributed by atoms with van der Waals surface area (Å²) in [4.78, 5) is 11.3. The van der Waals surface area contributed by atoms with Crippen LogP contribution in [0.2, 0.25) is 0 Å². The van der Waals surface area contributed by atoms with E-state index in [4.69, 9.17) is 27.9 Å². The van der Waals surface area contributed by atoms with Crippen LogP contribution in [0.25, 0.3) is 0 Å². The Morgan fingerprint density at radius 2 is 2.25 bits per heavy atom. The van der Waals surface area contributed by atoms with Gasteiger partial charge in [0.1, 0.15) is 16.7 Å². The fourth-order valence-electron chi connectivity index (χ4n) is 1.33. The third-order valence-corrected chi connectivity index (χ3v) is 3.10. The van der Waals surface area contributed by atoms with Crippen LogP contribution in [0.5, 0.6) is 0 Å². The summed E-state index contributed by atoms with van der Waals surface area (Å²) < 4.78 is 5.34. The molecule has 0 aromatic rings. The lowest BCUT2D eigenvalue weighted by Crippen LogP contribution is -2.36. The molecule has 2 bridgehead atoms. The molecule has 0 N–H and O–H groups in total. The molecule has 0 radical (unpaired) electrons. The van der Waals surface area contributed by atoms with E-state index in [-0.39, 0.29) is 15.8 Å². The summed E-state index contributed by atoms with van der Waals surface area (Å²) in [7, 11) is 0. The highest BCUT2D eigenvalue weighted by Crippen LogP contribution is 2.41. The van der Waals surface area contributed by atoms with Crippen molar-refractivity contribution in [1.29, 1.82) is 0 Å². The van der Waals surface area contributed by atoms with Gasteiger partial charge in [-0.05, 0) is 19.1 Å². The van der Waals surface area contributed by atoms with Gasteiger partial charge in [-0.25, -0.2) is 0 Å². The number of hydrogen-bond acceptors (Lipinski definition) is 2. The molecule has 0 amide bonds. The fraction of sp³-hybridized carbons (Fsp3) is 0.375. The molecule has 64 valence electrons. The highest BCUT2D eigenvalue weighted by Gasteiger charge is 2.44. The van der Waals surface area contributed by atoms with Gasteiger partial charge in [-0.15, -0.1) is 0 Å². The van der Waals surface area contributed by atoms with Gasteiger partial charge in [0, 0.05) is 0 Å². The first-order chi connectivity index (χ1) is 5.54. The van der Waals surface area contributed by atoms with Gasteiger partial charge in [0.2, 0.25) is 5.78 Å². The Hall–Kier alpha value is -0.310. The van der Waals surface area contributed by atoms with Gasteiger partial charge in [-0.2, -0.15) is 0 Å². The predicted molar refractivity (Wildman–Crippen MR) is 46.2 cm³/mol. The van der Waals surface area contributed by atoms with Crippen LogP contribution in [0.4, 0.5) is 0 Å². The minimum absolute atomic E-state index is 0.0976. The zero-order valence-electron chi connectivity index (χ0n) is 6.30. The molecule has 2 aliphatic rings. The predicted octanol–water partition coefficient (Wildman–Crippen LogP) is 1.97. The second kappa shape index (κ2) is 2.34. The Labute approximate surface area is 79.8 Å². The lowest BCUT2D eigenvalue weighted by atomic mass is 10.1. The van der Waals surface area contributed by atoms with E-state index in [0.717, 1.165) is 0 Å². The summed E-state index contributed by atoms with van der Waals surface area (Å²) >= 11 is 11.6. The third-order valence-electron chi connectivity index (χ3n) is 2.06. The average molecular weight is 205 g/mol. The highest BCUT2D eigenvalue weighted by molar-refractivity contribution is 6.50. The highest BCUT2D eigenvalue weighted by atomic mass is 35.5. The average Bonchev–Trinajstić information content (AvgIpc) is 2.41. The summed E-state index contributed by atoms with van der Waals surface area (Å²) in [5.74, 6) is -0.257. The minimum atomic E-state index is -0.683. The van der Waals surface area contributed by atoms with Crippen molar-refractivity contribution in [2.24, 2.45) is 0 Å². The molecule has 0 saturated carbocycles. The maximum atomic E-state index is 11.3. The van der Waals surface area contributed by atoms with Crippen LogP contribution in [0.15, 0.2) is 22.2 Å². The summed E-state index contributed by atoms with van der Waals surface area (Å²) in [6.45, 7) is 1.78. The molecule has 4 heteroatoms. The van der Waals surface area contributed by atoms with Crippen LogP contribution >= 0.6 is 23.2 Å². The zero-order chi connectivity index (χ0) is 8.93. The lowest BCUT2D eigenvalue weighted by molar-refractivity contribution is -0.128. The Morgan fingerprint density at radius 1 is 1.58 bits per heavy atom. The minimum Gasteiger partial charge on any atom is -0.350 e. The van der Waals surface area contributed by atoms with Crippen molar-refractivity contribution in [2.45, 2.75) is 18.6 Å². The van der Waals surface area contributed by atoms with E-state index in [9.17, 15) is 4.79 Å². The molecule has 2 atom stereocenters. The van der Waals surface area contributed by atoms with Gasteiger partial charge in [-0.3, -0.25) is 4.79 Å². The number of ether oxygens (including phenoxy) is 1. The lowest BCUT2D eigenvalue weighted by Gasteiger charge is -2.28. The topological polar surface area (TPSA) is 26.3 Å². The van der Waals surface area contributed by atoms with E-state index in [0.29, 0.717) is 0 Å². The summed E-state index contributed by atoms with van der Waals surface area (Å²) in [5, 5.41) is 0.375. The molecule has 12 heavy (non-hydrogen) atoms. The number of fused-ring (bicyclic) bond motifs is 2. The van der Waals surface area contributed by atoms with Crippen molar-refractivity contribution in [3.8, 4) is 0 Å². The Bertz CT molecular complexity index is 319. The van der Waals surface area contributed by atoms with Gasteiger partial charge in [0.05, 0.1) is 5.03 Å². The molecule has 0 aliphatic carbocycles. The molecule has 0 fully saturated rings. The monoisotopic (exact) mass is 204 g/mol. The van der Waals surface area contributed by atoms with Crippen LogP contribution in [0, 0.1) is 0 Å². The molecule has 0 saturated heterocycles. The van der Waals surface area contributed by atoms with E-state index >= 15 is 0 Å². The second-order valence-electron chi connectivity index (χ2n) is 3.00. The zero-order valence-corrected chi connectivity index (χ0v) is 7.82. The van der Waals surface area contributed by atoms with E-state index < -0.39 is 11.7 Å². The van der Waals surface area contributed by atoms with Crippen molar-refractivity contribution < 1.29 is 9.53 Å². The molecular formula is C8H6Cl2O2. The molecule has 2 unspecified atom stereocenters. The molecule has 2 rings (SSSR count). The summed E-state index contributed by atoms with van der Waals surface area (Å²) in [6, 6.07) is 0. The van der Waals surface area contributed by atoms with Crippen LogP contribution in [-0.2, 0) is 9.53 Å². The van der Waals surface area contributed by atoms with Crippen molar-refractivity contribution >= 4 is 29.0 Å². The quantitative estimate of drug-likeness (QED) is 0.565. The van der Waals surface area contributed by atoms with Crippen LogP contribution in [-0.4, -0.2) is 17.5 Å². The largest absolute Gasteiger partial charge is 0.350 e. The van der Waals surface area contributed by atoms with E-state index in [1.807, 2.05) is 0 Å². The molecule has 0 aromatic heterocycles. The van der Waals surface area contributed by atoms with Crippen molar-refractivity contribution in [2.75, 3.05) is 0 Å². The summed E-state index contributed by atoms with van der Waals surface area (Å²) in [5.41, 5.74) is -0.683. The standard InChI is InChI=1S/C8H6Cl2O2/c1-8-3-2-4(12-8)6(11)5(9)7(8)10/h2-4H,1H3. The Morgan fingerprint density at radius 3 is 2.92 bits per heavy atom. The SMILES string of the molecule is CC12C=CC(O1)C(=O)C(Cl)=C2Cl. The maximum absolute atomic E-state index is 11.3. The van der Waals surface area contributed by atoms with Crippen molar-refractivity contribution in [3.05, 3.63) is 22.2 Å². The normalized spacial score (nSPS) is 39.6. The van der Waals surface area contributed by atoms with Gasteiger partial charge >= 0.3 is 0 Å². The maximum Gasteiger partial charge on any atom is 0.208 e. The molecule has 2 aliphatic heterocycles. The van der Waals surface area contributed by atoms with Gasteiger partial charge in [0.25, 0.3) is 0 Å². The summed E-state index contributed by atoms with van der Waals surface area (Å²) in [6.07, 6.45) is 2.90. The number of carbonyl (C=O) groups excluding carboxylic acids is 1. The molecule has 0 aromatic carbocycles. The molecular weight excluding hydrogens is 199 g/mol. The van der Waals surface area contributed by atoms with Crippen molar-refractivity contribution in [1.82, 2.24) is 0 Å². The second-order valence-corrected chi connectivity index (χ2v) is 3.75. The number of Topliss-reactive ketones (excluding diaryl/α,β-unsaturated/α-hetero) is 1. The molecule has 2 heterocycles. The van der Waals surface area contributed by atoms with Gasteiger partial charge in [-0.1, -0.05) is 23.2 Å². The molecule has 2 nitrogen and oxygen atoms in total. The van der Waals surface area contributed by atoms with Crippen LogP contribution < -0.4 is 0 Å². The number of hydrogen-bond donors (Lipinski definition) is 0. The van der Waals surface area contributed by atoms with E-state index in [2.05, 4.69) is 0 Å². The Kier molecular flexibility index (Phi) is 1.62. The molecule has 0 spiro atoms. The fourth-order valence-corrected chi connectivity index (χ4v) is 1.83. The van der Waals surface area contributed by atoms with Gasteiger partial charge in [0.15, 0.2) is 0 Å². The van der Waals surface area contributed by atoms with Crippen molar-refractivity contribution in [3.63, 3.8) is 0 Å².